The van der Waals surface area contributed by atoms with Gasteiger partial charge < -0.3 is 10.4 Å². The fourth-order valence-electron chi connectivity index (χ4n) is 3.94. The predicted molar refractivity (Wildman–Crippen MR) is 106 cm³/mol. The lowest BCUT2D eigenvalue weighted by Gasteiger charge is -2.32. The lowest BCUT2D eigenvalue weighted by atomic mass is 9.85. The highest BCUT2D eigenvalue weighted by Crippen LogP contribution is 2.40. The van der Waals surface area contributed by atoms with Gasteiger partial charge in [-0.1, -0.05) is 12.1 Å². The topological polar surface area (TPSA) is 104 Å². The van der Waals surface area contributed by atoms with E-state index in [0.717, 1.165) is 35.2 Å². The highest BCUT2D eigenvalue weighted by molar-refractivity contribution is 5.99. The quantitative estimate of drug-likeness (QED) is 0.701. The minimum atomic E-state index is -0.389. The molecule has 7 heteroatoms. The number of fused-ring (bicyclic) bond motifs is 1. The molecular formula is C22H17N5O2. The second-order valence-electron chi connectivity index (χ2n) is 7.18. The maximum Gasteiger partial charge on any atom is 0.226 e. The first-order valence-corrected chi connectivity index (χ1v) is 9.43. The second-order valence-corrected chi connectivity index (χ2v) is 7.18. The van der Waals surface area contributed by atoms with Gasteiger partial charge in [-0.25, -0.2) is 4.68 Å². The van der Waals surface area contributed by atoms with Crippen LogP contribution >= 0.6 is 0 Å². The number of phenolic OH excluding ortho intramolecular Hbond substituents is 1. The number of nitrogens with one attached hydrogen (secondary N) is 1. The maximum atomic E-state index is 12.8. The molecule has 0 fully saturated rings. The van der Waals surface area contributed by atoms with E-state index >= 15 is 0 Å². The van der Waals surface area contributed by atoms with Gasteiger partial charge in [0.1, 0.15) is 11.8 Å². The number of nitriles is 1. The van der Waals surface area contributed by atoms with Gasteiger partial charge in [0.2, 0.25) is 5.95 Å². The zero-order valence-electron chi connectivity index (χ0n) is 15.5. The Labute approximate surface area is 166 Å². The number of nitrogens with zero attached hydrogens (tertiary/aromatic N) is 4. The molecular weight excluding hydrogens is 366 g/mol. The largest absolute Gasteiger partial charge is 0.508 e. The van der Waals surface area contributed by atoms with E-state index in [2.05, 4.69) is 21.5 Å². The van der Waals surface area contributed by atoms with Crippen molar-refractivity contribution in [2.75, 3.05) is 5.32 Å². The third-order valence-corrected chi connectivity index (χ3v) is 5.35. The van der Waals surface area contributed by atoms with Gasteiger partial charge in [-0.2, -0.15) is 10.2 Å². The van der Waals surface area contributed by atoms with Gasteiger partial charge in [0.25, 0.3) is 0 Å². The average Bonchev–Trinajstić information content (AvgIpc) is 3.17. The van der Waals surface area contributed by atoms with Crippen molar-refractivity contribution in [3.63, 3.8) is 0 Å². The van der Waals surface area contributed by atoms with Gasteiger partial charge in [-0.05, 0) is 54.8 Å². The van der Waals surface area contributed by atoms with Crippen LogP contribution in [-0.4, -0.2) is 25.7 Å². The molecule has 2 heterocycles. The minimum absolute atomic E-state index is 0.112. The molecule has 1 unspecified atom stereocenters. The van der Waals surface area contributed by atoms with Crippen LogP contribution in [0.25, 0.3) is 11.4 Å². The van der Waals surface area contributed by atoms with Gasteiger partial charge in [0.05, 0.1) is 11.6 Å². The Balaban J connectivity index is 1.66. The molecule has 0 saturated carbocycles. The Kier molecular flexibility index (Phi) is 3.91. The molecule has 2 aliphatic rings. The number of hydrogen-bond donors (Lipinski definition) is 2. The number of Topliss-reactive ketones (excluding diaryl/α,β-unsaturated/α-hetero) is 1. The number of aromatic nitrogens is 3. The average molecular weight is 383 g/mol. The summed E-state index contributed by atoms with van der Waals surface area (Å²) in [5.41, 5.74) is 3.84. The summed E-state index contributed by atoms with van der Waals surface area (Å²) in [7, 11) is 0. The molecule has 0 saturated heterocycles. The van der Waals surface area contributed by atoms with Crippen molar-refractivity contribution in [1.82, 2.24) is 14.8 Å². The second kappa shape index (κ2) is 6.60. The van der Waals surface area contributed by atoms with E-state index in [4.69, 9.17) is 5.26 Å². The molecule has 142 valence electrons. The molecule has 2 aromatic carbocycles. The van der Waals surface area contributed by atoms with Gasteiger partial charge in [-0.3, -0.25) is 4.79 Å². The molecule has 29 heavy (non-hydrogen) atoms. The molecule has 0 radical (unpaired) electrons. The van der Waals surface area contributed by atoms with Crippen molar-refractivity contribution >= 4 is 11.7 Å². The first-order valence-electron chi connectivity index (χ1n) is 9.43. The molecule has 3 aromatic rings. The van der Waals surface area contributed by atoms with Crippen molar-refractivity contribution in [3.8, 4) is 23.2 Å². The number of phenols is 1. The van der Waals surface area contributed by atoms with E-state index in [1.165, 1.54) is 0 Å². The summed E-state index contributed by atoms with van der Waals surface area (Å²) in [4.78, 5) is 17.5. The highest BCUT2D eigenvalue weighted by atomic mass is 16.3. The van der Waals surface area contributed by atoms with Crippen molar-refractivity contribution in [2.45, 2.75) is 25.3 Å². The van der Waals surface area contributed by atoms with Crippen LogP contribution in [0.15, 0.2) is 59.8 Å². The fraction of sp³-hybridized carbons (Fsp3) is 0.182. The Bertz CT molecular complexity index is 1180. The van der Waals surface area contributed by atoms with Crippen molar-refractivity contribution in [1.29, 1.82) is 5.26 Å². The summed E-state index contributed by atoms with van der Waals surface area (Å²) in [5.74, 6) is 1.38. The van der Waals surface area contributed by atoms with Gasteiger partial charge in [-0.15, -0.1) is 5.10 Å². The van der Waals surface area contributed by atoms with Crippen LogP contribution in [-0.2, 0) is 4.79 Å². The molecule has 7 nitrogen and oxygen atoms in total. The van der Waals surface area contributed by atoms with Crippen LogP contribution in [0, 0.1) is 11.3 Å². The van der Waals surface area contributed by atoms with E-state index in [0.29, 0.717) is 23.8 Å². The first kappa shape index (κ1) is 17.2. The van der Waals surface area contributed by atoms with E-state index in [9.17, 15) is 9.90 Å². The Morgan fingerprint density at radius 2 is 1.86 bits per heavy atom. The molecule has 0 amide bonds. The van der Waals surface area contributed by atoms with Crippen LogP contribution in [0.1, 0.15) is 36.4 Å². The number of aromatic hydroxyl groups is 1. The standard InChI is InChI=1S/C22H17N5O2/c23-12-13-4-6-14(7-5-13)20-19-17(2-1-3-18(19)29)24-22-25-21(26-27(20)22)15-8-10-16(28)11-9-15/h4-11,20,28H,1-3H2,(H,24,25,26). The van der Waals surface area contributed by atoms with Crippen LogP contribution in [0.3, 0.4) is 0 Å². The number of carbonyl (C=O) groups excluding carboxylic acids is 1. The first-order chi connectivity index (χ1) is 14.1. The molecule has 1 aromatic heterocycles. The molecule has 2 N–H and O–H groups in total. The zero-order valence-corrected chi connectivity index (χ0v) is 15.5. The molecule has 1 atom stereocenters. The maximum absolute atomic E-state index is 12.8. The van der Waals surface area contributed by atoms with Crippen molar-refractivity contribution in [2.24, 2.45) is 0 Å². The highest BCUT2D eigenvalue weighted by Gasteiger charge is 2.36. The van der Waals surface area contributed by atoms with Crippen LogP contribution in [0.4, 0.5) is 5.95 Å². The summed E-state index contributed by atoms with van der Waals surface area (Å²) in [5, 5.41) is 26.6. The Morgan fingerprint density at radius 3 is 2.59 bits per heavy atom. The molecule has 1 aliphatic heterocycles. The zero-order chi connectivity index (χ0) is 20.0. The molecule has 0 bridgehead atoms. The Hall–Kier alpha value is -3.92. The molecule has 1 aliphatic carbocycles. The summed E-state index contributed by atoms with van der Waals surface area (Å²) in [6, 6.07) is 15.7. The third-order valence-electron chi connectivity index (χ3n) is 5.35. The summed E-state index contributed by atoms with van der Waals surface area (Å²) >= 11 is 0. The van der Waals surface area contributed by atoms with Gasteiger partial charge >= 0.3 is 0 Å². The van der Waals surface area contributed by atoms with Crippen LogP contribution < -0.4 is 5.32 Å². The number of rotatable bonds is 2. The number of hydrogen-bond acceptors (Lipinski definition) is 6. The van der Waals surface area contributed by atoms with E-state index in [1.54, 1.807) is 41.1 Å². The Morgan fingerprint density at radius 1 is 1.10 bits per heavy atom. The number of ketones is 1. The van der Waals surface area contributed by atoms with Crippen molar-refractivity contribution < 1.29 is 9.90 Å². The van der Waals surface area contributed by atoms with Crippen molar-refractivity contribution in [3.05, 3.63) is 70.9 Å². The van der Waals surface area contributed by atoms with Gasteiger partial charge in [0, 0.05) is 23.3 Å². The third kappa shape index (κ3) is 2.86. The summed E-state index contributed by atoms with van der Waals surface area (Å²) in [6.45, 7) is 0. The number of carbonyl (C=O) groups is 1. The fourth-order valence-corrected chi connectivity index (χ4v) is 3.94. The smallest absolute Gasteiger partial charge is 0.226 e. The number of allylic oxidation sites excluding steroid dienone is 2. The number of anilines is 1. The SMILES string of the molecule is N#Cc1ccc(C2C3=C(CCCC3=O)Nc3nc(-c4ccc(O)cc4)nn32)cc1. The van der Waals surface area contributed by atoms with Crippen LogP contribution in [0.2, 0.25) is 0 Å². The van der Waals surface area contributed by atoms with E-state index < -0.39 is 0 Å². The van der Waals surface area contributed by atoms with E-state index in [1.807, 2.05) is 12.1 Å². The summed E-state index contributed by atoms with van der Waals surface area (Å²) < 4.78 is 1.74. The summed E-state index contributed by atoms with van der Waals surface area (Å²) in [6.07, 6.45) is 2.11. The predicted octanol–water partition coefficient (Wildman–Crippen LogP) is 3.54. The normalized spacial score (nSPS) is 17.9. The monoisotopic (exact) mass is 383 g/mol. The molecule has 0 spiro atoms. The molecule has 5 rings (SSSR count). The van der Waals surface area contributed by atoms with Crippen LogP contribution in [0.5, 0.6) is 5.75 Å². The number of benzene rings is 2. The minimum Gasteiger partial charge on any atom is -0.508 e. The lowest BCUT2D eigenvalue weighted by molar-refractivity contribution is -0.116. The van der Waals surface area contributed by atoms with E-state index in [-0.39, 0.29) is 17.6 Å². The lowest BCUT2D eigenvalue weighted by Crippen LogP contribution is -2.31. The van der Waals surface area contributed by atoms with Gasteiger partial charge in [0.15, 0.2) is 11.6 Å².